The fourth-order valence-corrected chi connectivity index (χ4v) is 3.80. The average molecular weight is 412 g/mol. The van der Waals surface area contributed by atoms with Gasteiger partial charge in [-0.05, 0) is 24.6 Å². The number of benzene rings is 2. The van der Waals surface area contributed by atoms with Crippen LogP contribution in [0.1, 0.15) is 11.1 Å². The molecule has 0 aliphatic carbocycles. The van der Waals surface area contributed by atoms with Crippen molar-refractivity contribution >= 4 is 28.6 Å². The molecule has 156 valence electrons. The zero-order valence-electron chi connectivity index (χ0n) is 17.6. The van der Waals surface area contributed by atoms with Crippen LogP contribution in [-0.2, 0) is 6.54 Å². The van der Waals surface area contributed by atoms with Crippen LogP contribution >= 0.6 is 0 Å². The predicted molar refractivity (Wildman–Crippen MR) is 124 cm³/mol. The number of fused-ring (bicyclic) bond motifs is 1. The normalized spacial score (nSPS) is 14.7. The van der Waals surface area contributed by atoms with Gasteiger partial charge in [-0.15, -0.1) is 0 Å². The van der Waals surface area contributed by atoms with Crippen LogP contribution in [0.15, 0.2) is 67.0 Å². The van der Waals surface area contributed by atoms with Gasteiger partial charge in [-0.3, -0.25) is 4.90 Å². The number of anilines is 3. The van der Waals surface area contributed by atoms with Crippen LogP contribution < -0.4 is 10.2 Å². The first-order valence-corrected chi connectivity index (χ1v) is 10.6. The van der Waals surface area contributed by atoms with Crippen molar-refractivity contribution in [1.29, 1.82) is 0 Å². The molecule has 0 spiro atoms. The summed E-state index contributed by atoms with van der Waals surface area (Å²) in [6.45, 7) is 6.74. The van der Waals surface area contributed by atoms with Crippen LogP contribution in [0.25, 0.3) is 11.2 Å². The quantitative estimate of drug-likeness (QED) is 0.536. The van der Waals surface area contributed by atoms with Gasteiger partial charge >= 0.3 is 0 Å². The lowest BCUT2D eigenvalue weighted by Gasteiger charge is -2.34. The van der Waals surface area contributed by atoms with E-state index < -0.39 is 0 Å². The Bertz CT molecular complexity index is 1150. The van der Waals surface area contributed by atoms with E-state index in [1.807, 2.05) is 12.1 Å². The summed E-state index contributed by atoms with van der Waals surface area (Å²) in [5.41, 5.74) is 4.81. The maximum absolute atomic E-state index is 4.83. The molecule has 31 heavy (non-hydrogen) atoms. The highest BCUT2D eigenvalue weighted by atomic mass is 15.3. The third kappa shape index (κ3) is 4.46. The fraction of sp³-hybridized carbons (Fsp3) is 0.250. The Kier molecular flexibility index (Phi) is 5.41. The van der Waals surface area contributed by atoms with E-state index in [2.05, 4.69) is 74.5 Å². The second-order valence-electron chi connectivity index (χ2n) is 7.84. The van der Waals surface area contributed by atoms with Gasteiger partial charge in [-0.2, -0.15) is 9.97 Å². The second kappa shape index (κ2) is 8.65. The molecule has 1 fully saturated rings. The van der Waals surface area contributed by atoms with Gasteiger partial charge in [0, 0.05) is 50.8 Å². The molecule has 0 bridgehead atoms. The number of aryl methyl sites for hydroxylation is 1. The maximum atomic E-state index is 4.83. The summed E-state index contributed by atoms with van der Waals surface area (Å²) >= 11 is 0. The lowest BCUT2D eigenvalue weighted by atomic mass is 10.2. The zero-order valence-corrected chi connectivity index (χ0v) is 17.6. The molecule has 1 saturated heterocycles. The van der Waals surface area contributed by atoms with E-state index in [-0.39, 0.29) is 0 Å². The smallest absolute Gasteiger partial charge is 0.229 e. The van der Waals surface area contributed by atoms with E-state index in [0.29, 0.717) is 22.9 Å². The van der Waals surface area contributed by atoms with E-state index in [1.54, 1.807) is 12.4 Å². The van der Waals surface area contributed by atoms with Crippen molar-refractivity contribution in [3.8, 4) is 0 Å². The standard InChI is InChI=1S/C24H25N7/c1-18-7-9-20(10-8-18)27-23-21-22(26-12-11-25-21)28-24(29-23)31-15-13-30(14-16-31)17-19-5-3-2-4-6-19/h2-12H,13-17H2,1H3,(H,26,27,28,29). The Morgan fingerprint density at radius 3 is 2.35 bits per heavy atom. The number of nitrogens with one attached hydrogen (secondary N) is 1. The lowest BCUT2D eigenvalue weighted by Crippen LogP contribution is -2.46. The van der Waals surface area contributed by atoms with Crippen molar-refractivity contribution in [1.82, 2.24) is 24.8 Å². The molecular formula is C24H25N7. The minimum Gasteiger partial charge on any atom is -0.338 e. The van der Waals surface area contributed by atoms with Crippen molar-refractivity contribution in [3.05, 3.63) is 78.1 Å². The molecule has 5 rings (SSSR count). The molecule has 0 radical (unpaired) electrons. The number of piperazine rings is 1. The summed E-state index contributed by atoms with van der Waals surface area (Å²) in [5.74, 6) is 1.38. The summed E-state index contributed by atoms with van der Waals surface area (Å²) in [7, 11) is 0. The van der Waals surface area contributed by atoms with Crippen LogP contribution in [0.3, 0.4) is 0 Å². The molecule has 2 aromatic carbocycles. The lowest BCUT2D eigenvalue weighted by molar-refractivity contribution is 0.249. The van der Waals surface area contributed by atoms with Crippen LogP contribution in [0.2, 0.25) is 0 Å². The Morgan fingerprint density at radius 1 is 0.839 bits per heavy atom. The SMILES string of the molecule is Cc1ccc(Nc2nc(N3CCN(Cc4ccccc4)CC3)nc3nccnc23)cc1. The molecule has 0 amide bonds. The molecule has 7 heteroatoms. The van der Waals surface area contributed by atoms with Crippen molar-refractivity contribution < 1.29 is 0 Å². The van der Waals surface area contributed by atoms with Gasteiger partial charge in [0.25, 0.3) is 0 Å². The summed E-state index contributed by atoms with van der Waals surface area (Å²) in [6.07, 6.45) is 3.35. The predicted octanol–water partition coefficient (Wildman–Crippen LogP) is 3.79. The highest BCUT2D eigenvalue weighted by molar-refractivity contribution is 5.85. The monoisotopic (exact) mass is 411 g/mol. The van der Waals surface area contributed by atoms with Gasteiger partial charge in [-0.25, -0.2) is 9.97 Å². The summed E-state index contributed by atoms with van der Waals surface area (Å²) in [5, 5.41) is 3.40. The third-order valence-electron chi connectivity index (χ3n) is 5.54. The summed E-state index contributed by atoms with van der Waals surface area (Å²) in [6, 6.07) is 18.8. The number of aromatic nitrogens is 4. The molecule has 1 aliphatic rings. The van der Waals surface area contributed by atoms with Gasteiger partial charge in [0.2, 0.25) is 5.95 Å². The Labute approximate surface area is 181 Å². The van der Waals surface area contributed by atoms with Gasteiger partial charge in [0.05, 0.1) is 0 Å². The number of nitrogens with zero attached hydrogens (tertiary/aromatic N) is 6. The minimum atomic E-state index is 0.605. The maximum Gasteiger partial charge on any atom is 0.229 e. The Hall–Kier alpha value is -3.58. The topological polar surface area (TPSA) is 70.1 Å². The van der Waals surface area contributed by atoms with E-state index in [4.69, 9.17) is 9.97 Å². The molecular weight excluding hydrogens is 386 g/mol. The van der Waals surface area contributed by atoms with Crippen LogP contribution in [0.5, 0.6) is 0 Å². The zero-order chi connectivity index (χ0) is 21.0. The van der Waals surface area contributed by atoms with Crippen molar-refractivity contribution in [3.63, 3.8) is 0 Å². The van der Waals surface area contributed by atoms with Crippen molar-refractivity contribution in [2.24, 2.45) is 0 Å². The van der Waals surface area contributed by atoms with E-state index in [0.717, 1.165) is 38.4 Å². The number of hydrogen-bond donors (Lipinski definition) is 1. The van der Waals surface area contributed by atoms with Gasteiger partial charge in [0.15, 0.2) is 17.0 Å². The number of hydrogen-bond acceptors (Lipinski definition) is 7. The first-order valence-electron chi connectivity index (χ1n) is 10.6. The molecule has 3 heterocycles. The largest absolute Gasteiger partial charge is 0.338 e. The van der Waals surface area contributed by atoms with E-state index >= 15 is 0 Å². The highest BCUT2D eigenvalue weighted by Crippen LogP contribution is 2.24. The Morgan fingerprint density at radius 2 is 1.58 bits per heavy atom. The van der Waals surface area contributed by atoms with Crippen molar-refractivity contribution in [2.75, 3.05) is 36.4 Å². The summed E-state index contributed by atoms with van der Waals surface area (Å²) in [4.78, 5) is 23.1. The molecule has 1 N–H and O–H groups in total. The summed E-state index contributed by atoms with van der Waals surface area (Å²) < 4.78 is 0. The number of rotatable bonds is 5. The first kappa shape index (κ1) is 19.4. The Balaban J connectivity index is 1.36. The van der Waals surface area contributed by atoms with Crippen LogP contribution in [0.4, 0.5) is 17.5 Å². The fourth-order valence-electron chi connectivity index (χ4n) is 3.80. The van der Waals surface area contributed by atoms with Crippen LogP contribution in [0, 0.1) is 6.92 Å². The van der Waals surface area contributed by atoms with E-state index in [1.165, 1.54) is 11.1 Å². The molecule has 2 aromatic heterocycles. The van der Waals surface area contributed by atoms with E-state index in [9.17, 15) is 0 Å². The molecule has 0 saturated carbocycles. The highest BCUT2D eigenvalue weighted by Gasteiger charge is 2.21. The third-order valence-corrected chi connectivity index (χ3v) is 5.54. The second-order valence-corrected chi connectivity index (χ2v) is 7.84. The van der Waals surface area contributed by atoms with Crippen molar-refractivity contribution in [2.45, 2.75) is 13.5 Å². The molecule has 7 nitrogen and oxygen atoms in total. The van der Waals surface area contributed by atoms with Crippen LogP contribution in [-0.4, -0.2) is 51.0 Å². The van der Waals surface area contributed by atoms with Gasteiger partial charge in [-0.1, -0.05) is 48.0 Å². The molecule has 4 aromatic rings. The average Bonchev–Trinajstić information content (AvgIpc) is 2.82. The van der Waals surface area contributed by atoms with Gasteiger partial charge in [0.1, 0.15) is 0 Å². The molecule has 0 atom stereocenters. The minimum absolute atomic E-state index is 0.605. The molecule has 1 aliphatic heterocycles. The van der Waals surface area contributed by atoms with Gasteiger partial charge < -0.3 is 10.2 Å². The first-order chi connectivity index (χ1) is 15.2. The molecule has 0 unspecified atom stereocenters.